The Hall–Kier alpha value is -2.35. The van der Waals surface area contributed by atoms with Crippen LogP contribution in [0, 0.1) is 0 Å². The van der Waals surface area contributed by atoms with E-state index in [2.05, 4.69) is 33.1 Å². The molecule has 4 rings (SSSR count). The molecule has 2 aromatic heterocycles. The molecule has 28 heavy (non-hydrogen) atoms. The first-order valence-electron chi connectivity index (χ1n) is 9.23. The zero-order chi connectivity index (χ0) is 19.2. The number of benzene rings is 1. The number of thiophene rings is 2. The lowest BCUT2D eigenvalue weighted by Crippen LogP contribution is -2.32. The Balaban J connectivity index is 1.41. The minimum atomic E-state index is -0.0393. The zero-order valence-corrected chi connectivity index (χ0v) is 17.1. The highest BCUT2D eigenvalue weighted by Gasteiger charge is 2.15. The van der Waals surface area contributed by atoms with Crippen molar-refractivity contribution in [3.63, 3.8) is 0 Å². The van der Waals surface area contributed by atoms with Crippen molar-refractivity contribution in [2.75, 3.05) is 25.1 Å². The van der Waals surface area contributed by atoms with Crippen molar-refractivity contribution in [3.05, 3.63) is 63.0 Å². The summed E-state index contributed by atoms with van der Waals surface area (Å²) in [7, 11) is 0. The molecule has 0 unspecified atom stereocenters. The highest BCUT2D eigenvalue weighted by atomic mass is 32.1. The predicted molar refractivity (Wildman–Crippen MR) is 113 cm³/mol. The van der Waals surface area contributed by atoms with Gasteiger partial charge in [-0.05, 0) is 35.0 Å². The van der Waals surface area contributed by atoms with E-state index >= 15 is 0 Å². The van der Waals surface area contributed by atoms with Gasteiger partial charge >= 0.3 is 0 Å². The summed E-state index contributed by atoms with van der Waals surface area (Å²) in [6.45, 7) is 3.11. The molecule has 1 N–H and O–H groups in total. The standard InChI is InChI=1S/C21H22N2O3S2/c24-21(22-16-6-7-19-20(12-16)26-9-3-8-25-19)15-23(13-17-4-1-10-27-17)14-18-5-2-11-28-18/h1-2,4-7,10-12H,3,8-9,13-15H2,(H,22,24). The van der Waals surface area contributed by atoms with E-state index in [9.17, 15) is 4.79 Å². The van der Waals surface area contributed by atoms with Crippen molar-refractivity contribution in [1.29, 1.82) is 0 Å². The number of hydrogen-bond donors (Lipinski definition) is 1. The lowest BCUT2D eigenvalue weighted by atomic mass is 10.2. The predicted octanol–water partition coefficient (Wildman–Crippen LogP) is 4.61. The first-order valence-corrected chi connectivity index (χ1v) is 11.0. The number of ether oxygens (including phenoxy) is 2. The topological polar surface area (TPSA) is 50.8 Å². The van der Waals surface area contributed by atoms with E-state index in [4.69, 9.17) is 9.47 Å². The molecular weight excluding hydrogens is 392 g/mol. The minimum Gasteiger partial charge on any atom is -0.490 e. The van der Waals surface area contributed by atoms with Gasteiger partial charge in [-0.2, -0.15) is 0 Å². The Morgan fingerprint density at radius 1 is 0.964 bits per heavy atom. The Morgan fingerprint density at radius 2 is 1.64 bits per heavy atom. The maximum atomic E-state index is 12.7. The maximum absolute atomic E-state index is 12.7. The molecule has 1 aromatic carbocycles. The Morgan fingerprint density at radius 3 is 2.29 bits per heavy atom. The van der Waals surface area contributed by atoms with Crippen LogP contribution in [0.4, 0.5) is 5.69 Å². The van der Waals surface area contributed by atoms with Gasteiger partial charge in [0.05, 0.1) is 19.8 Å². The summed E-state index contributed by atoms with van der Waals surface area (Å²) in [4.78, 5) is 17.4. The quantitative estimate of drug-likeness (QED) is 0.613. The lowest BCUT2D eigenvalue weighted by Gasteiger charge is -2.20. The summed E-state index contributed by atoms with van der Waals surface area (Å²) in [6.07, 6.45) is 0.858. The van der Waals surface area contributed by atoms with Crippen LogP contribution in [0.3, 0.4) is 0 Å². The summed E-state index contributed by atoms with van der Waals surface area (Å²) >= 11 is 3.42. The molecule has 1 amide bonds. The number of hydrogen-bond acceptors (Lipinski definition) is 6. The van der Waals surface area contributed by atoms with E-state index in [0.29, 0.717) is 25.5 Å². The Labute approximate surface area is 172 Å². The summed E-state index contributed by atoms with van der Waals surface area (Å²) in [5, 5.41) is 7.12. The number of carbonyl (C=O) groups is 1. The zero-order valence-electron chi connectivity index (χ0n) is 15.4. The second-order valence-corrected chi connectivity index (χ2v) is 8.63. The van der Waals surface area contributed by atoms with Crippen LogP contribution in [-0.2, 0) is 17.9 Å². The highest BCUT2D eigenvalue weighted by Crippen LogP contribution is 2.32. The van der Waals surface area contributed by atoms with Crippen molar-refractivity contribution < 1.29 is 14.3 Å². The van der Waals surface area contributed by atoms with E-state index in [-0.39, 0.29) is 5.91 Å². The number of fused-ring (bicyclic) bond motifs is 1. The molecule has 0 aliphatic carbocycles. The molecular formula is C21H22N2O3S2. The molecule has 0 saturated heterocycles. The fraction of sp³-hybridized carbons (Fsp3) is 0.286. The van der Waals surface area contributed by atoms with Crippen LogP contribution in [0.1, 0.15) is 16.2 Å². The molecule has 0 saturated carbocycles. The maximum Gasteiger partial charge on any atom is 0.238 e. The largest absolute Gasteiger partial charge is 0.490 e. The summed E-state index contributed by atoms with van der Waals surface area (Å²) in [6, 6.07) is 13.8. The summed E-state index contributed by atoms with van der Waals surface area (Å²) < 4.78 is 11.4. The van der Waals surface area contributed by atoms with Gasteiger partial charge in [0, 0.05) is 41.0 Å². The van der Waals surface area contributed by atoms with Gasteiger partial charge in [-0.3, -0.25) is 9.69 Å². The van der Waals surface area contributed by atoms with E-state index in [1.807, 2.05) is 30.3 Å². The molecule has 0 bridgehead atoms. The number of nitrogens with zero attached hydrogens (tertiary/aromatic N) is 1. The van der Waals surface area contributed by atoms with Crippen molar-refractivity contribution in [1.82, 2.24) is 4.90 Å². The van der Waals surface area contributed by atoms with Gasteiger partial charge in [0.1, 0.15) is 0 Å². The second-order valence-electron chi connectivity index (χ2n) is 6.56. The van der Waals surface area contributed by atoms with Gasteiger partial charge in [0.15, 0.2) is 11.5 Å². The average molecular weight is 415 g/mol. The van der Waals surface area contributed by atoms with Gasteiger partial charge in [-0.15, -0.1) is 22.7 Å². The van der Waals surface area contributed by atoms with Gasteiger partial charge in [-0.25, -0.2) is 0 Å². The average Bonchev–Trinajstić information content (AvgIpc) is 3.32. The van der Waals surface area contributed by atoms with Crippen LogP contribution in [-0.4, -0.2) is 30.6 Å². The van der Waals surface area contributed by atoms with Crippen LogP contribution in [0.5, 0.6) is 11.5 Å². The molecule has 3 aromatic rings. The molecule has 7 heteroatoms. The van der Waals surface area contributed by atoms with E-state index in [1.165, 1.54) is 9.75 Å². The lowest BCUT2D eigenvalue weighted by molar-refractivity contribution is -0.117. The smallest absolute Gasteiger partial charge is 0.238 e. The molecule has 0 radical (unpaired) electrons. The molecule has 0 atom stereocenters. The fourth-order valence-electron chi connectivity index (χ4n) is 3.06. The van der Waals surface area contributed by atoms with E-state index < -0.39 is 0 Å². The Kier molecular flexibility index (Phi) is 6.26. The minimum absolute atomic E-state index is 0.0393. The third kappa shape index (κ3) is 5.13. The third-order valence-electron chi connectivity index (χ3n) is 4.32. The second kappa shape index (κ2) is 9.23. The van der Waals surface area contributed by atoms with Gasteiger partial charge in [-0.1, -0.05) is 12.1 Å². The van der Waals surface area contributed by atoms with E-state index in [0.717, 1.165) is 30.9 Å². The van der Waals surface area contributed by atoms with Crippen molar-refractivity contribution in [3.8, 4) is 11.5 Å². The first kappa shape index (κ1) is 19.0. The number of rotatable bonds is 7. The van der Waals surface area contributed by atoms with E-state index in [1.54, 1.807) is 22.7 Å². The molecule has 1 aliphatic rings. The van der Waals surface area contributed by atoms with Crippen LogP contribution in [0.15, 0.2) is 53.2 Å². The van der Waals surface area contributed by atoms with Gasteiger partial charge < -0.3 is 14.8 Å². The Bertz CT molecular complexity index is 858. The molecule has 5 nitrogen and oxygen atoms in total. The SMILES string of the molecule is O=C(CN(Cc1cccs1)Cc1cccs1)Nc1ccc2c(c1)OCCCO2. The fourth-order valence-corrected chi connectivity index (χ4v) is 4.55. The van der Waals surface area contributed by atoms with Crippen LogP contribution < -0.4 is 14.8 Å². The monoisotopic (exact) mass is 414 g/mol. The number of carbonyl (C=O) groups excluding carboxylic acids is 1. The molecule has 3 heterocycles. The molecule has 1 aliphatic heterocycles. The number of anilines is 1. The van der Waals surface area contributed by atoms with Crippen molar-refractivity contribution in [2.24, 2.45) is 0 Å². The summed E-state index contributed by atoms with van der Waals surface area (Å²) in [5.41, 5.74) is 0.724. The van der Waals surface area contributed by atoms with Crippen LogP contribution >= 0.6 is 22.7 Å². The van der Waals surface area contributed by atoms with Gasteiger partial charge in [0.2, 0.25) is 5.91 Å². The summed E-state index contributed by atoms with van der Waals surface area (Å²) in [5.74, 6) is 1.37. The molecule has 0 spiro atoms. The van der Waals surface area contributed by atoms with Crippen molar-refractivity contribution in [2.45, 2.75) is 19.5 Å². The normalized spacial score (nSPS) is 13.3. The first-order chi connectivity index (χ1) is 13.8. The third-order valence-corrected chi connectivity index (χ3v) is 6.04. The van der Waals surface area contributed by atoms with Crippen LogP contribution in [0.25, 0.3) is 0 Å². The number of nitrogens with one attached hydrogen (secondary N) is 1. The molecule has 146 valence electrons. The van der Waals surface area contributed by atoms with Crippen LogP contribution in [0.2, 0.25) is 0 Å². The molecule has 0 fully saturated rings. The van der Waals surface area contributed by atoms with Gasteiger partial charge in [0.25, 0.3) is 0 Å². The highest BCUT2D eigenvalue weighted by molar-refractivity contribution is 7.10. The van der Waals surface area contributed by atoms with Crippen molar-refractivity contribution >= 4 is 34.3 Å². The number of amides is 1.